The van der Waals surface area contributed by atoms with E-state index in [4.69, 9.17) is 4.74 Å². The van der Waals surface area contributed by atoms with Crippen molar-refractivity contribution in [1.29, 1.82) is 5.26 Å². The highest BCUT2D eigenvalue weighted by Crippen LogP contribution is 2.34. The van der Waals surface area contributed by atoms with Crippen LogP contribution in [-0.4, -0.2) is 49.8 Å². The van der Waals surface area contributed by atoms with E-state index in [0.717, 1.165) is 58.3 Å². The Balaban J connectivity index is 2.01. The van der Waals surface area contributed by atoms with E-state index in [1.165, 1.54) is 0 Å². The van der Waals surface area contributed by atoms with Crippen LogP contribution in [-0.2, 0) is 4.74 Å². The van der Waals surface area contributed by atoms with Crippen molar-refractivity contribution in [1.82, 2.24) is 10.2 Å². The third-order valence-corrected chi connectivity index (χ3v) is 4.25. The minimum atomic E-state index is -0.221. The van der Waals surface area contributed by atoms with Crippen LogP contribution in [0.15, 0.2) is 0 Å². The molecule has 0 spiro atoms. The molecule has 0 aromatic rings. The summed E-state index contributed by atoms with van der Waals surface area (Å²) in [5.41, 5.74) is -0.221. The Labute approximate surface area is 104 Å². The van der Waals surface area contributed by atoms with Gasteiger partial charge in [-0.3, -0.25) is 4.90 Å². The van der Waals surface area contributed by atoms with Crippen LogP contribution in [0.3, 0.4) is 0 Å². The lowest BCUT2D eigenvalue weighted by Gasteiger charge is -2.42. The first-order valence-electron chi connectivity index (χ1n) is 6.70. The van der Waals surface area contributed by atoms with Gasteiger partial charge < -0.3 is 10.1 Å². The van der Waals surface area contributed by atoms with Gasteiger partial charge in [-0.25, -0.2) is 0 Å². The molecule has 96 valence electrons. The normalized spacial score (nSPS) is 36.1. The van der Waals surface area contributed by atoms with E-state index in [2.05, 4.69) is 16.3 Å². The van der Waals surface area contributed by atoms with Crippen LogP contribution >= 0.6 is 0 Å². The molecule has 0 radical (unpaired) electrons. The quantitative estimate of drug-likeness (QED) is 0.782. The van der Waals surface area contributed by atoms with Gasteiger partial charge in [0.15, 0.2) is 0 Å². The molecule has 0 amide bonds. The number of methoxy groups -OCH3 is 1. The van der Waals surface area contributed by atoms with Crippen LogP contribution in [0.4, 0.5) is 0 Å². The van der Waals surface area contributed by atoms with Gasteiger partial charge in [0.1, 0.15) is 5.54 Å². The fourth-order valence-electron chi connectivity index (χ4n) is 3.08. The van der Waals surface area contributed by atoms with Crippen molar-refractivity contribution in [3.05, 3.63) is 0 Å². The highest BCUT2D eigenvalue weighted by molar-refractivity contribution is 5.11. The molecule has 0 unspecified atom stereocenters. The van der Waals surface area contributed by atoms with Crippen LogP contribution in [0.25, 0.3) is 0 Å². The highest BCUT2D eigenvalue weighted by atomic mass is 16.5. The number of nitrogens with zero attached hydrogens (tertiary/aromatic N) is 2. The molecular formula is C13H23N3O. The third kappa shape index (κ3) is 2.79. The molecule has 1 aliphatic heterocycles. The van der Waals surface area contributed by atoms with Crippen molar-refractivity contribution in [2.45, 2.75) is 43.7 Å². The molecule has 2 fully saturated rings. The molecule has 17 heavy (non-hydrogen) atoms. The number of hydrogen-bond donors (Lipinski definition) is 1. The van der Waals surface area contributed by atoms with Gasteiger partial charge in [-0.1, -0.05) is 0 Å². The summed E-state index contributed by atoms with van der Waals surface area (Å²) < 4.78 is 5.40. The smallest absolute Gasteiger partial charge is 0.109 e. The van der Waals surface area contributed by atoms with E-state index in [1.807, 2.05) is 0 Å². The Morgan fingerprint density at radius 3 is 2.71 bits per heavy atom. The Bertz CT molecular complexity index is 271. The van der Waals surface area contributed by atoms with Crippen LogP contribution in [0, 0.1) is 11.3 Å². The van der Waals surface area contributed by atoms with Gasteiger partial charge in [0.05, 0.1) is 12.2 Å². The number of rotatable bonds is 2. The molecular weight excluding hydrogens is 214 g/mol. The van der Waals surface area contributed by atoms with Gasteiger partial charge >= 0.3 is 0 Å². The lowest BCUT2D eigenvalue weighted by molar-refractivity contribution is 0.0162. The largest absolute Gasteiger partial charge is 0.381 e. The lowest BCUT2D eigenvalue weighted by atomic mass is 9.80. The molecule has 1 N–H and O–H groups in total. The molecule has 0 atom stereocenters. The number of hydrogen-bond acceptors (Lipinski definition) is 4. The molecule has 0 bridgehead atoms. The zero-order chi connectivity index (χ0) is 12.1. The molecule has 0 aromatic carbocycles. The summed E-state index contributed by atoms with van der Waals surface area (Å²) in [5.74, 6) is 0. The Hall–Kier alpha value is -0.630. The van der Waals surface area contributed by atoms with Gasteiger partial charge in [0.2, 0.25) is 0 Å². The number of nitrogens with one attached hydrogen (secondary N) is 1. The fraction of sp³-hybridized carbons (Fsp3) is 0.923. The highest BCUT2D eigenvalue weighted by Gasteiger charge is 2.40. The SMILES string of the molecule is COC1CCC(C#N)(N2CCCNCC2)CC1. The fourth-order valence-corrected chi connectivity index (χ4v) is 3.08. The maximum atomic E-state index is 9.59. The Morgan fingerprint density at radius 1 is 1.29 bits per heavy atom. The van der Waals surface area contributed by atoms with E-state index in [-0.39, 0.29) is 5.54 Å². The summed E-state index contributed by atoms with van der Waals surface area (Å²) in [5, 5.41) is 13.0. The predicted molar refractivity (Wildman–Crippen MR) is 66.7 cm³/mol. The molecule has 1 saturated heterocycles. The standard InChI is InChI=1S/C13H23N3O/c1-17-12-3-5-13(11-14,6-4-12)16-9-2-7-15-8-10-16/h12,15H,2-10H2,1H3. The summed E-state index contributed by atoms with van der Waals surface area (Å²) in [6, 6.07) is 2.60. The molecule has 4 nitrogen and oxygen atoms in total. The van der Waals surface area contributed by atoms with Crippen molar-refractivity contribution in [3.63, 3.8) is 0 Å². The van der Waals surface area contributed by atoms with E-state index < -0.39 is 0 Å². The van der Waals surface area contributed by atoms with Crippen LogP contribution in [0.5, 0.6) is 0 Å². The topological polar surface area (TPSA) is 48.3 Å². The average Bonchev–Trinajstić information content (AvgIpc) is 2.68. The van der Waals surface area contributed by atoms with Crippen molar-refractivity contribution in [2.24, 2.45) is 0 Å². The molecule has 4 heteroatoms. The maximum absolute atomic E-state index is 9.59. The summed E-state index contributed by atoms with van der Waals surface area (Å²) >= 11 is 0. The molecule has 1 aliphatic carbocycles. The first-order chi connectivity index (χ1) is 8.30. The first kappa shape index (κ1) is 12.8. The van der Waals surface area contributed by atoms with Crippen LogP contribution in [0.1, 0.15) is 32.1 Å². The Kier molecular flexibility index (Phi) is 4.38. The van der Waals surface area contributed by atoms with Gasteiger partial charge in [-0.05, 0) is 38.6 Å². The predicted octanol–water partition coefficient (Wildman–Crippen LogP) is 1.13. The molecule has 2 aliphatic rings. The average molecular weight is 237 g/mol. The lowest BCUT2D eigenvalue weighted by Crippen LogP contribution is -2.52. The second kappa shape index (κ2) is 5.81. The second-order valence-corrected chi connectivity index (χ2v) is 5.17. The first-order valence-corrected chi connectivity index (χ1v) is 6.70. The summed E-state index contributed by atoms with van der Waals surface area (Å²) in [6.45, 7) is 4.15. The third-order valence-electron chi connectivity index (χ3n) is 4.25. The van der Waals surface area contributed by atoms with Crippen LogP contribution < -0.4 is 5.32 Å². The van der Waals surface area contributed by atoms with E-state index in [9.17, 15) is 5.26 Å². The summed E-state index contributed by atoms with van der Waals surface area (Å²) in [7, 11) is 1.78. The van der Waals surface area contributed by atoms with E-state index in [1.54, 1.807) is 7.11 Å². The van der Waals surface area contributed by atoms with Gasteiger partial charge in [0.25, 0.3) is 0 Å². The minimum Gasteiger partial charge on any atom is -0.381 e. The molecule has 0 aromatic heterocycles. The second-order valence-electron chi connectivity index (χ2n) is 5.17. The van der Waals surface area contributed by atoms with Crippen LogP contribution in [0.2, 0.25) is 0 Å². The summed E-state index contributed by atoms with van der Waals surface area (Å²) in [6.07, 6.45) is 5.48. The van der Waals surface area contributed by atoms with Crippen molar-refractivity contribution in [2.75, 3.05) is 33.3 Å². The Morgan fingerprint density at radius 2 is 2.06 bits per heavy atom. The van der Waals surface area contributed by atoms with Crippen molar-refractivity contribution < 1.29 is 4.74 Å². The van der Waals surface area contributed by atoms with Crippen molar-refractivity contribution in [3.8, 4) is 6.07 Å². The van der Waals surface area contributed by atoms with Gasteiger partial charge in [-0.15, -0.1) is 0 Å². The van der Waals surface area contributed by atoms with Gasteiger partial charge in [0, 0.05) is 26.7 Å². The van der Waals surface area contributed by atoms with E-state index >= 15 is 0 Å². The van der Waals surface area contributed by atoms with Gasteiger partial charge in [-0.2, -0.15) is 5.26 Å². The number of ether oxygens (including phenoxy) is 1. The molecule has 1 saturated carbocycles. The maximum Gasteiger partial charge on any atom is 0.109 e. The van der Waals surface area contributed by atoms with E-state index in [0.29, 0.717) is 6.10 Å². The monoisotopic (exact) mass is 237 g/mol. The van der Waals surface area contributed by atoms with Crippen molar-refractivity contribution >= 4 is 0 Å². The molecule has 1 heterocycles. The minimum absolute atomic E-state index is 0.221. The summed E-state index contributed by atoms with van der Waals surface area (Å²) in [4.78, 5) is 2.40. The zero-order valence-corrected chi connectivity index (χ0v) is 10.7. The molecule has 2 rings (SSSR count). The zero-order valence-electron chi connectivity index (χ0n) is 10.7. The number of nitriles is 1.